The van der Waals surface area contributed by atoms with Crippen LogP contribution in [0.2, 0.25) is 0 Å². The van der Waals surface area contributed by atoms with E-state index in [1.54, 1.807) is 19.1 Å². The van der Waals surface area contributed by atoms with Gasteiger partial charge in [-0.1, -0.05) is 32.9 Å². The van der Waals surface area contributed by atoms with Gasteiger partial charge in [0.25, 0.3) is 0 Å². The Morgan fingerprint density at radius 1 is 1.11 bits per heavy atom. The lowest BCUT2D eigenvalue weighted by atomic mass is 9.89. The molecule has 1 rings (SSSR count). The molecule has 0 radical (unpaired) electrons. The van der Waals surface area contributed by atoms with Gasteiger partial charge in [-0.2, -0.15) is 0 Å². The molecule has 0 amide bonds. The Morgan fingerprint density at radius 3 is 1.95 bits per heavy atom. The third-order valence-electron chi connectivity index (χ3n) is 3.30. The number of sulfonamides is 1. The number of nitrogens with one attached hydrogen (secondary N) is 1. The van der Waals surface area contributed by atoms with Crippen molar-refractivity contribution in [3.05, 3.63) is 29.8 Å². The summed E-state index contributed by atoms with van der Waals surface area (Å²) in [5.74, 6) is 0. The molecule has 0 aromatic heterocycles. The first-order valence-corrected chi connectivity index (χ1v) is 7.83. The molecule has 2 unspecified atom stereocenters. The maximum absolute atomic E-state index is 12.2. The predicted octanol–water partition coefficient (Wildman–Crippen LogP) is 2.45. The average molecular weight is 285 g/mol. The van der Waals surface area contributed by atoms with Gasteiger partial charge in [-0.3, -0.25) is 0 Å². The lowest BCUT2D eigenvalue weighted by Crippen LogP contribution is -2.41. The average Bonchev–Trinajstić information content (AvgIpc) is 2.27. The van der Waals surface area contributed by atoms with E-state index in [2.05, 4.69) is 4.72 Å². The molecule has 0 heterocycles. The van der Waals surface area contributed by atoms with E-state index < -0.39 is 16.1 Å². The lowest BCUT2D eigenvalue weighted by Gasteiger charge is -2.27. The van der Waals surface area contributed by atoms with Crippen molar-refractivity contribution in [3.8, 4) is 0 Å². The van der Waals surface area contributed by atoms with E-state index in [0.29, 0.717) is 5.56 Å². The van der Waals surface area contributed by atoms with E-state index in [1.165, 1.54) is 12.1 Å². The summed E-state index contributed by atoms with van der Waals surface area (Å²) >= 11 is 0. The highest BCUT2D eigenvalue weighted by Crippen LogP contribution is 2.21. The normalized spacial score (nSPS) is 16.1. The van der Waals surface area contributed by atoms with E-state index in [1.807, 2.05) is 27.7 Å². The second-order valence-corrected chi connectivity index (χ2v) is 7.67. The SMILES string of the molecule is CC(O)c1ccc(S(=O)(=O)NC(C)C(C)(C)C)cc1. The Kier molecular flexibility index (Phi) is 4.76. The summed E-state index contributed by atoms with van der Waals surface area (Å²) < 4.78 is 27.1. The van der Waals surface area contributed by atoms with Crippen LogP contribution in [0, 0.1) is 5.41 Å². The second-order valence-electron chi connectivity index (χ2n) is 5.95. The Bertz CT molecular complexity index is 513. The minimum Gasteiger partial charge on any atom is -0.389 e. The fraction of sp³-hybridized carbons (Fsp3) is 0.571. The Morgan fingerprint density at radius 2 is 1.58 bits per heavy atom. The van der Waals surface area contributed by atoms with Crippen LogP contribution >= 0.6 is 0 Å². The van der Waals surface area contributed by atoms with Gasteiger partial charge in [-0.15, -0.1) is 0 Å². The van der Waals surface area contributed by atoms with Gasteiger partial charge < -0.3 is 5.11 Å². The third-order valence-corrected chi connectivity index (χ3v) is 4.86. The van der Waals surface area contributed by atoms with E-state index in [0.717, 1.165) is 0 Å². The van der Waals surface area contributed by atoms with Crippen LogP contribution in [0.25, 0.3) is 0 Å². The molecule has 1 aromatic rings. The lowest BCUT2D eigenvalue weighted by molar-refractivity contribution is 0.199. The molecule has 0 aliphatic rings. The molecular formula is C14H23NO3S. The first-order valence-electron chi connectivity index (χ1n) is 6.34. The van der Waals surface area contributed by atoms with Crippen LogP contribution in [0.15, 0.2) is 29.2 Å². The van der Waals surface area contributed by atoms with Gasteiger partial charge in [0.2, 0.25) is 10.0 Å². The molecule has 2 atom stereocenters. The molecule has 0 saturated carbocycles. The third kappa shape index (κ3) is 4.30. The summed E-state index contributed by atoms with van der Waals surface area (Å²) in [6.07, 6.45) is -0.599. The molecule has 0 spiro atoms. The summed E-state index contributed by atoms with van der Waals surface area (Å²) in [5.41, 5.74) is 0.551. The van der Waals surface area contributed by atoms with Crippen LogP contribution in [0.5, 0.6) is 0 Å². The molecule has 1 aromatic carbocycles. The van der Waals surface area contributed by atoms with Crippen LogP contribution in [-0.4, -0.2) is 19.6 Å². The smallest absolute Gasteiger partial charge is 0.240 e. The molecule has 4 nitrogen and oxygen atoms in total. The van der Waals surface area contributed by atoms with Gasteiger partial charge in [0.05, 0.1) is 11.0 Å². The molecule has 2 N–H and O–H groups in total. The van der Waals surface area contributed by atoms with Gasteiger partial charge in [0.1, 0.15) is 0 Å². The molecule has 0 saturated heterocycles. The van der Waals surface area contributed by atoms with Crippen molar-refractivity contribution in [2.75, 3.05) is 0 Å². The number of aliphatic hydroxyl groups is 1. The molecule has 0 bridgehead atoms. The van der Waals surface area contributed by atoms with Crippen molar-refractivity contribution in [2.45, 2.75) is 51.7 Å². The van der Waals surface area contributed by atoms with E-state index in [4.69, 9.17) is 0 Å². The number of aliphatic hydroxyl groups excluding tert-OH is 1. The number of benzene rings is 1. The Labute approximate surface area is 115 Å². The molecule has 0 aliphatic heterocycles. The first kappa shape index (κ1) is 16.1. The summed E-state index contributed by atoms with van der Waals surface area (Å²) in [7, 11) is -3.52. The van der Waals surface area contributed by atoms with Crippen LogP contribution in [0.1, 0.15) is 46.3 Å². The molecule has 19 heavy (non-hydrogen) atoms. The van der Waals surface area contributed by atoms with Crippen molar-refractivity contribution >= 4 is 10.0 Å². The highest BCUT2D eigenvalue weighted by Gasteiger charge is 2.25. The Balaban J connectivity index is 2.95. The topological polar surface area (TPSA) is 66.4 Å². The van der Waals surface area contributed by atoms with E-state index in [9.17, 15) is 13.5 Å². The summed E-state index contributed by atoms with van der Waals surface area (Å²) in [4.78, 5) is 0.216. The van der Waals surface area contributed by atoms with Crippen LogP contribution < -0.4 is 4.72 Å². The summed E-state index contributed by atoms with van der Waals surface area (Å²) in [6.45, 7) is 9.44. The fourth-order valence-corrected chi connectivity index (χ4v) is 2.85. The quantitative estimate of drug-likeness (QED) is 0.893. The number of hydrogen-bond acceptors (Lipinski definition) is 3. The van der Waals surface area contributed by atoms with Crippen molar-refractivity contribution in [3.63, 3.8) is 0 Å². The van der Waals surface area contributed by atoms with Crippen LogP contribution in [0.3, 0.4) is 0 Å². The molecule has 108 valence electrons. The van der Waals surface area contributed by atoms with E-state index in [-0.39, 0.29) is 16.4 Å². The number of hydrogen-bond donors (Lipinski definition) is 2. The first-order chi connectivity index (χ1) is 8.54. The number of rotatable bonds is 4. The van der Waals surface area contributed by atoms with Crippen molar-refractivity contribution in [2.24, 2.45) is 5.41 Å². The van der Waals surface area contributed by atoms with Gasteiger partial charge in [-0.25, -0.2) is 13.1 Å². The van der Waals surface area contributed by atoms with Gasteiger partial charge in [-0.05, 0) is 37.0 Å². The summed E-state index contributed by atoms with van der Waals surface area (Å²) in [6, 6.07) is 6.11. The highest BCUT2D eigenvalue weighted by atomic mass is 32.2. The van der Waals surface area contributed by atoms with E-state index >= 15 is 0 Å². The maximum atomic E-state index is 12.2. The van der Waals surface area contributed by atoms with Gasteiger partial charge >= 0.3 is 0 Å². The second kappa shape index (κ2) is 5.61. The minimum absolute atomic E-state index is 0.146. The van der Waals surface area contributed by atoms with Crippen molar-refractivity contribution in [1.82, 2.24) is 4.72 Å². The maximum Gasteiger partial charge on any atom is 0.240 e. The zero-order valence-electron chi connectivity index (χ0n) is 12.1. The van der Waals surface area contributed by atoms with Gasteiger partial charge in [0.15, 0.2) is 0 Å². The zero-order chi connectivity index (χ0) is 14.8. The minimum atomic E-state index is -3.52. The standard InChI is InChI=1S/C14H23NO3S/c1-10(16)12-6-8-13(9-7-12)19(17,18)15-11(2)14(3,4)5/h6-11,15-16H,1-5H3. The molecular weight excluding hydrogens is 262 g/mol. The summed E-state index contributed by atoms with van der Waals surface area (Å²) in [5, 5.41) is 9.40. The largest absolute Gasteiger partial charge is 0.389 e. The highest BCUT2D eigenvalue weighted by molar-refractivity contribution is 7.89. The van der Waals surface area contributed by atoms with Crippen LogP contribution in [-0.2, 0) is 10.0 Å². The molecule has 5 heteroatoms. The predicted molar refractivity (Wildman–Crippen MR) is 76.3 cm³/mol. The monoisotopic (exact) mass is 285 g/mol. The van der Waals surface area contributed by atoms with Crippen molar-refractivity contribution < 1.29 is 13.5 Å². The molecule has 0 fully saturated rings. The zero-order valence-corrected chi connectivity index (χ0v) is 13.0. The molecule has 0 aliphatic carbocycles. The Hall–Kier alpha value is -0.910. The van der Waals surface area contributed by atoms with Gasteiger partial charge in [0, 0.05) is 6.04 Å². The van der Waals surface area contributed by atoms with Crippen molar-refractivity contribution in [1.29, 1.82) is 0 Å². The van der Waals surface area contributed by atoms with Crippen LogP contribution in [0.4, 0.5) is 0 Å². The fourth-order valence-electron chi connectivity index (χ4n) is 1.40.